The Morgan fingerprint density at radius 3 is 2.40 bits per heavy atom. The second-order valence-corrected chi connectivity index (χ2v) is 9.75. The van der Waals surface area contributed by atoms with Crippen molar-refractivity contribution in [3.05, 3.63) is 59.7 Å². The zero-order chi connectivity index (χ0) is 21.3. The molecule has 2 heterocycles. The van der Waals surface area contributed by atoms with Gasteiger partial charge in [-0.25, -0.2) is 8.42 Å². The molecule has 0 spiro atoms. The number of sulfone groups is 1. The van der Waals surface area contributed by atoms with E-state index < -0.39 is 9.84 Å². The molecule has 2 amide bonds. The standard InChI is InChI=1S/C23H24N2O4S/c1-30(28,29)20-11-12-21-18(16-20)4-2-15-25(21)23(27)13-8-17-6-9-19(10-7-17)24-14-3-5-22(24)26/h6-13,16H,2-5,14-15H2,1H3/b13-8+. The molecule has 0 unspecified atom stereocenters. The van der Waals surface area contributed by atoms with E-state index in [-0.39, 0.29) is 16.7 Å². The first kappa shape index (κ1) is 20.3. The molecule has 2 aliphatic rings. The molecule has 0 radical (unpaired) electrons. The van der Waals surface area contributed by atoms with Crippen molar-refractivity contribution < 1.29 is 18.0 Å². The Labute approximate surface area is 176 Å². The van der Waals surface area contributed by atoms with Crippen LogP contribution >= 0.6 is 0 Å². The molecular formula is C23H24N2O4S. The molecule has 156 valence electrons. The fourth-order valence-corrected chi connectivity index (χ4v) is 4.65. The third-order valence-electron chi connectivity index (χ3n) is 5.56. The zero-order valence-corrected chi connectivity index (χ0v) is 17.7. The van der Waals surface area contributed by atoms with E-state index in [1.807, 2.05) is 24.3 Å². The maximum absolute atomic E-state index is 12.8. The molecule has 0 atom stereocenters. The van der Waals surface area contributed by atoms with E-state index in [0.29, 0.717) is 13.0 Å². The second-order valence-electron chi connectivity index (χ2n) is 7.73. The number of amides is 2. The third kappa shape index (κ3) is 4.16. The molecule has 4 rings (SSSR count). The van der Waals surface area contributed by atoms with Crippen LogP contribution in [-0.4, -0.2) is 39.6 Å². The lowest BCUT2D eigenvalue weighted by Crippen LogP contribution is -2.34. The first-order valence-electron chi connectivity index (χ1n) is 10.1. The maximum atomic E-state index is 12.8. The van der Waals surface area contributed by atoms with Gasteiger partial charge in [0.15, 0.2) is 9.84 Å². The molecule has 0 N–H and O–H groups in total. The minimum atomic E-state index is -3.28. The van der Waals surface area contributed by atoms with E-state index in [4.69, 9.17) is 0 Å². The van der Waals surface area contributed by atoms with E-state index >= 15 is 0 Å². The van der Waals surface area contributed by atoms with Crippen LogP contribution in [0.3, 0.4) is 0 Å². The predicted octanol–water partition coefficient (Wildman–Crippen LogP) is 3.21. The number of benzene rings is 2. The monoisotopic (exact) mass is 424 g/mol. The summed E-state index contributed by atoms with van der Waals surface area (Å²) >= 11 is 0. The largest absolute Gasteiger partial charge is 0.312 e. The number of carbonyl (C=O) groups is 2. The van der Waals surface area contributed by atoms with E-state index in [0.717, 1.165) is 48.3 Å². The first-order chi connectivity index (χ1) is 14.3. The van der Waals surface area contributed by atoms with Crippen LogP contribution in [0.25, 0.3) is 6.08 Å². The van der Waals surface area contributed by atoms with E-state index in [9.17, 15) is 18.0 Å². The Balaban J connectivity index is 1.49. The van der Waals surface area contributed by atoms with Crippen LogP contribution in [0.4, 0.5) is 11.4 Å². The number of rotatable bonds is 4. The van der Waals surface area contributed by atoms with Crippen molar-refractivity contribution in [2.24, 2.45) is 0 Å². The van der Waals surface area contributed by atoms with Gasteiger partial charge in [-0.3, -0.25) is 9.59 Å². The van der Waals surface area contributed by atoms with E-state index in [1.54, 1.807) is 34.1 Å². The molecule has 30 heavy (non-hydrogen) atoms. The number of hydrogen-bond acceptors (Lipinski definition) is 4. The van der Waals surface area contributed by atoms with Crippen LogP contribution < -0.4 is 9.80 Å². The second kappa shape index (κ2) is 8.07. The Bertz CT molecular complexity index is 1120. The lowest BCUT2D eigenvalue weighted by atomic mass is 10.0. The molecule has 2 aliphatic heterocycles. The van der Waals surface area contributed by atoms with Gasteiger partial charge in [0.25, 0.3) is 5.91 Å². The molecule has 1 saturated heterocycles. The molecule has 0 aromatic heterocycles. The number of aryl methyl sites for hydroxylation is 1. The summed E-state index contributed by atoms with van der Waals surface area (Å²) < 4.78 is 23.6. The van der Waals surface area contributed by atoms with Crippen molar-refractivity contribution >= 4 is 39.1 Å². The number of fused-ring (bicyclic) bond motifs is 1. The summed E-state index contributed by atoms with van der Waals surface area (Å²) in [5.74, 6) is 0.0121. The van der Waals surface area contributed by atoms with Gasteiger partial charge >= 0.3 is 0 Å². The molecule has 7 heteroatoms. The fraction of sp³-hybridized carbons (Fsp3) is 0.304. The van der Waals surface area contributed by atoms with Crippen LogP contribution in [0, 0.1) is 0 Å². The van der Waals surface area contributed by atoms with Gasteiger partial charge in [0.05, 0.1) is 4.90 Å². The fourth-order valence-electron chi connectivity index (χ4n) is 3.98. The van der Waals surface area contributed by atoms with Crippen molar-refractivity contribution in [3.63, 3.8) is 0 Å². The Kier molecular flexibility index (Phi) is 5.47. The molecule has 0 bridgehead atoms. The number of hydrogen-bond donors (Lipinski definition) is 0. The van der Waals surface area contributed by atoms with Crippen molar-refractivity contribution in [1.82, 2.24) is 0 Å². The lowest BCUT2D eigenvalue weighted by Gasteiger charge is -2.29. The molecule has 0 saturated carbocycles. The van der Waals surface area contributed by atoms with Gasteiger partial charge in [-0.2, -0.15) is 0 Å². The Morgan fingerprint density at radius 1 is 1.00 bits per heavy atom. The van der Waals surface area contributed by atoms with Crippen molar-refractivity contribution in [1.29, 1.82) is 0 Å². The molecule has 6 nitrogen and oxygen atoms in total. The smallest absolute Gasteiger partial charge is 0.250 e. The topological polar surface area (TPSA) is 74.8 Å². The van der Waals surface area contributed by atoms with Gasteiger partial charge in [-0.1, -0.05) is 12.1 Å². The zero-order valence-electron chi connectivity index (χ0n) is 16.9. The van der Waals surface area contributed by atoms with Crippen molar-refractivity contribution in [3.8, 4) is 0 Å². The highest BCUT2D eigenvalue weighted by Gasteiger charge is 2.23. The molecule has 2 aromatic rings. The summed E-state index contributed by atoms with van der Waals surface area (Å²) in [6.07, 6.45) is 7.51. The number of anilines is 2. The average molecular weight is 425 g/mol. The number of nitrogens with zero attached hydrogens (tertiary/aromatic N) is 2. The Hall–Kier alpha value is -2.93. The summed E-state index contributed by atoms with van der Waals surface area (Å²) in [5.41, 5.74) is 3.41. The van der Waals surface area contributed by atoms with Crippen molar-refractivity contribution in [2.45, 2.75) is 30.6 Å². The normalized spacial score (nSPS) is 16.9. The van der Waals surface area contributed by atoms with Crippen LogP contribution in [0.1, 0.15) is 30.4 Å². The van der Waals surface area contributed by atoms with Gasteiger partial charge in [0, 0.05) is 43.2 Å². The third-order valence-corrected chi connectivity index (χ3v) is 6.67. The highest BCUT2D eigenvalue weighted by molar-refractivity contribution is 7.90. The van der Waals surface area contributed by atoms with Crippen LogP contribution in [-0.2, 0) is 25.8 Å². The minimum Gasteiger partial charge on any atom is -0.312 e. The van der Waals surface area contributed by atoms with Crippen LogP contribution in [0.5, 0.6) is 0 Å². The maximum Gasteiger partial charge on any atom is 0.250 e. The van der Waals surface area contributed by atoms with Gasteiger partial charge in [-0.05, 0) is 66.8 Å². The summed E-state index contributed by atoms with van der Waals surface area (Å²) in [6, 6.07) is 12.5. The van der Waals surface area contributed by atoms with Gasteiger partial charge in [0.1, 0.15) is 0 Å². The summed E-state index contributed by atoms with van der Waals surface area (Å²) in [7, 11) is -3.28. The quantitative estimate of drug-likeness (QED) is 0.707. The molecule has 1 fully saturated rings. The summed E-state index contributed by atoms with van der Waals surface area (Å²) in [6.45, 7) is 1.35. The number of carbonyl (C=O) groups excluding carboxylic acids is 2. The van der Waals surface area contributed by atoms with E-state index in [1.165, 1.54) is 12.3 Å². The van der Waals surface area contributed by atoms with E-state index in [2.05, 4.69) is 0 Å². The molecule has 0 aliphatic carbocycles. The van der Waals surface area contributed by atoms with Gasteiger partial charge < -0.3 is 9.80 Å². The van der Waals surface area contributed by atoms with Crippen LogP contribution in [0.2, 0.25) is 0 Å². The van der Waals surface area contributed by atoms with Gasteiger partial charge in [0.2, 0.25) is 5.91 Å². The van der Waals surface area contributed by atoms with Gasteiger partial charge in [-0.15, -0.1) is 0 Å². The Morgan fingerprint density at radius 2 is 1.73 bits per heavy atom. The summed E-state index contributed by atoms with van der Waals surface area (Å²) in [5, 5.41) is 0. The first-order valence-corrected chi connectivity index (χ1v) is 11.9. The average Bonchev–Trinajstić information content (AvgIpc) is 3.16. The minimum absolute atomic E-state index is 0.137. The lowest BCUT2D eigenvalue weighted by molar-refractivity contribution is -0.117. The molecule has 2 aromatic carbocycles. The highest BCUT2D eigenvalue weighted by atomic mass is 32.2. The predicted molar refractivity (Wildman–Crippen MR) is 117 cm³/mol. The molecular weight excluding hydrogens is 400 g/mol. The summed E-state index contributed by atoms with van der Waals surface area (Å²) in [4.78, 5) is 28.4. The SMILES string of the molecule is CS(=O)(=O)c1ccc2c(c1)CCCN2C(=O)/C=C/c1ccc(N2CCCC2=O)cc1. The van der Waals surface area contributed by atoms with Crippen LogP contribution in [0.15, 0.2) is 53.4 Å². The van der Waals surface area contributed by atoms with Crippen molar-refractivity contribution in [2.75, 3.05) is 29.1 Å². The highest BCUT2D eigenvalue weighted by Crippen LogP contribution is 2.30.